The summed E-state index contributed by atoms with van der Waals surface area (Å²) in [6, 6.07) is 18.0. The van der Waals surface area contributed by atoms with Gasteiger partial charge >= 0.3 is 12.4 Å². The van der Waals surface area contributed by atoms with E-state index in [0.717, 1.165) is 29.8 Å². The maximum absolute atomic E-state index is 13.6. The predicted molar refractivity (Wildman–Crippen MR) is 114 cm³/mol. The highest BCUT2D eigenvalue weighted by Crippen LogP contribution is 2.35. The second kappa shape index (κ2) is 8.90. The summed E-state index contributed by atoms with van der Waals surface area (Å²) in [5, 5.41) is 9.19. The fraction of sp³-hybridized carbons (Fsp3) is 0.120. The van der Waals surface area contributed by atoms with E-state index >= 15 is 0 Å². The molecule has 174 valence electrons. The van der Waals surface area contributed by atoms with Crippen LogP contribution in [0.5, 0.6) is 0 Å². The normalized spacial score (nSPS) is 12.1. The van der Waals surface area contributed by atoms with Crippen LogP contribution in [-0.4, -0.2) is 15.1 Å². The topological polar surface area (TPSA) is 46.0 Å². The zero-order valence-corrected chi connectivity index (χ0v) is 17.3. The van der Waals surface area contributed by atoms with Gasteiger partial charge in [0.05, 0.1) is 17.9 Å². The van der Waals surface area contributed by atoms with Crippen molar-refractivity contribution in [3.05, 3.63) is 95.7 Å². The van der Waals surface area contributed by atoms with Gasteiger partial charge < -0.3 is 5.11 Å². The Labute approximate surface area is 190 Å². The Bertz CT molecular complexity index is 1300. The van der Waals surface area contributed by atoms with E-state index in [9.17, 15) is 31.4 Å². The second-order valence-corrected chi connectivity index (χ2v) is 7.47. The smallest absolute Gasteiger partial charge is 0.392 e. The van der Waals surface area contributed by atoms with E-state index in [1.807, 2.05) is 0 Å². The van der Waals surface area contributed by atoms with Crippen molar-refractivity contribution in [1.29, 1.82) is 0 Å². The van der Waals surface area contributed by atoms with Crippen LogP contribution in [0.1, 0.15) is 16.8 Å². The van der Waals surface area contributed by atoms with E-state index in [2.05, 4.69) is 9.97 Å². The summed E-state index contributed by atoms with van der Waals surface area (Å²) < 4.78 is 79.3. The van der Waals surface area contributed by atoms with Gasteiger partial charge in [0.15, 0.2) is 5.82 Å². The van der Waals surface area contributed by atoms with Gasteiger partial charge in [0.2, 0.25) is 0 Å². The average Bonchev–Trinajstić information content (AvgIpc) is 2.83. The van der Waals surface area contributed by atoms with Gasteiger partial charge in [-0.05, 0) is 41.0 Å². The molecule has 0 amide bonds. The lowest BCUT2D eigenvalue weighted by molar-refractivity contribution is -0.141. The van der Waals surface area contributed by atoms with E-state index in [0.29, 0.717) is 22.8 Å². The summed E-state index contributed by atoms with van der Waals surface area (Å²) in [5.41, 5.74) is 0.312. The molecule has 0 aliphatic heterocycles. The molecular formula is C25H16F6N2O. The third-order valence-corrected chi connectivity index (χ3v) is 5.12. The number of aliphatic hydroxyl groups excluding tert-OH is 1. The van der Waals surface area contributed by atoms with Crippen molar-refractivity contribution in [3.8, 4) is 33.8 Å². The first-order chi connectivity index (χ1) is 16.0. The van der Waals surface area contributed by atoms with Crippen molar-refractivity contribution in [2.75, 3.05) is 0 Å². The summed E-state index contributed by atoms with van der Waals surface area (Å²) >= 11 is 0. The summed E-state index contributed by atoms with van der Waals surface area (Å²) in [6.45, 7) is -0.120. The molecule has 9 heteroatoms. The van der Waals surface area contributed by atoms with E-state index in [-0.39, 0.29) is 23.7 Å². The van der Waals surface area contributed by atoms with Gasteiger partial charge in [0.1, 0.15) is 5.69 Å². The van der Waals surface area contributed by atoms with Crippen molar-refractivity contribution >= 4 is 0 Å². The summed E-state index contributed by atoms with van der Waals surface area (Å²) in [5.74, 6) is -0.210. The number of aliphatic hydroxyl groups is 1. The Morgan fingerprint density at radius 1 is 0.618 bits per heavy atom. The molecular weight excluding hydrogens is 458 g/mol. The number of hydrogen-bond donors (Lipinski definition) is 1. The van der Waals surface area contributed by atoms with Crippen LogP contribution >= 0.6 is 0 Å². The van der Waals surface area contributed by atoms with Gasteiger partial charge in [0, 0.05) is 11.1 Å². The molecule has 3 aromatic carbocycles. The summed E-state index contributed by atoms with van der Waals surface area (Å²) in [7, 11) is 0. The minimum absolute atomic E-state index is 0.0953. The molecule has 1 aromatic heterocycles. The molecule has 3 nitrogen and oxygen atoms in total. The average molecular weight is 474 g/mol. The summed E-state index contributed by atoms with van der Waals surface area (Å²) in [6.07, 6.45) is -9.35. The van der Waals surface area contributed by atoms with Crippen molar-refractivity contribution in [3.63, 3.8) is 0 Å². The highest BCUT2D eigenvalue weighted by atomic mass is 19.4. The highest BCUT2D eigenvalue weighted by Gasteiger charge is 2.34. The molecule has 0 atom stereocenters. The van der Waals surface area contributed by atoms with Crippen molar-refractivity contribution in [2.45, 2.75) is 19.0 Å². The van der Waals surface area contributed by atoms with Crippen molar-refractivity contribution < 1.29 is 31.4 Å². The largest absolute Gasteiger partial charge is 0.433 e. The molecule has 0 aliphatic rings. The van der Waals surface area contributed by atoms with Gasteiger partial charge in [-0.15, -0.1) is 0 Å². The quantitative estimate of drug-likeness (QED) is 0.324. The van der Waals surface area contributed by atoms with Crippen molar-refractivity contribution in [2.24, 2.45) is 0 Å². The molecule has 0 fully saturated rings. The predicted octanol–water partition coefficient (Wildman–Crippen LogP) is 7.01. The molecule has 0 saturated heterocycles. The standard InChI is InChI=1S/C25H16F6N2O/c26-24(27,28)20-10-8-17(9-11-20)21-13-22(25(29,30)31)33-23(32-21)19-3-1-2-18(12-19)16-6-4-15(14-34)5-7-16/h1-13,34H,14H2. The Morgan fingerprint density at radius 2 is 1.24 bits per heavy atom. The minimum Gasteiger partial charge on any atom is -0.392 e. The molecule has 1 N–H and O–H groups in total. The molecule has 0 bridgehead atoms. The van der Waals surface area contributed by atoms with E-state index in [1.54, 1.807) is 48.5 Å². The zero-order valence-electron chi connectivity index (χ0n) is 17.3. The maximum Gasteiger partial charge on any atom is 0.433 e. The van der Waals surface area contributed by atoms with Crippen LogP contribution in [0.2, 0.25) is 0 Å². The van der Waals surface area contributed by atoms with Gasteiger partial charge in [-0.3, -0.25) is 0 Å². The number of nitrogens with zero attached hydrogens (tertiary/aromatic N) is 2. The van der Waals surface area contributed by atoms with E-state index in [1.165, 1.54) is 0 Å². The van der Waals surface area contributed by atoms with Gasteiger partial charge in [0.25, 0.3) is 0 Å². The third-order valence-electron chi connectivity index (χ3n) is 5.12. The first-order valence-electron chi connectivity index (χ1n) is 9.99. The Kier molecular flexibility index (Phi) is 6.14. The SMILES string of the molecule is OCc1ccc(-c2cccc(-c3nc(-c4ccc(C(F)(F)F)cc4)cc(C(F)(F)F)n3)c2)cc1. The van der Waals surface area contributed by atoms with E-state index in [4.69, 9.17) is 0 Å². The molecule has 4 aromatic rings. The molecule has 34 heavy (non-hydrogen) atoms. The molecule has 0 radical (unpaired) electrons. The first kappa shape index (κ1) is 23.4. The van der Waals surface area contributed by atoms with E-state index < -0.39 is 23.6 Å². The molecule has 0 spiro atoms. The minimum atomic E-state index is -4.78. The monoisotopic (exact) mass is 474 g/mol. The van der Waals surface area contributed by atoms with Crippen LogP contribution in [0, 0.1) is 0 Å². The number of alkyl halides is 6. The second-order valence-electron chi connectivity index (χ2n) is 7.47. The number of aromatic nitrogens is 2. The Hall–Kier alpha value is -3.72. The van der Waals surface area contributed by atoms with Gasteiger partial charge in [-0.2, -0.15) is 26.3 Å². The number of hydrogen-bond acceptors (Lipinski definition) is 3. The van der Waals surface area contributed by atoms with Crippen LogP contribution < -0.4 is 0 Å². The zero-order chi connectivity index (χ0) is 24.5. The van der Waals surface area contributed by atoms with Crippen LogP contribution in [0.15, 0.2) is 78.9 Å². The van der Waals surface area contributed by atoms with Crippen molar-refractivity contribution in [1.82, 2.24) is 9.97 Å². The van der Waals surface area contributed by atoms with Crippen LogP contribution in [0.25, 0.3) is 33.8 Å². The first-order valence-corrected chi connectivity index (χ1v) is 9.99. The van der Waals surface area contributed by atoms with Crippen LogP contribution in [0.3, 0.4) is 0 Å². The lowest BCUT2D eigenvalue weighted by Gasteiger charge is -2.12. The fourth-order valence-electron chi connectivity index (χ4n) is 3.34. The van der Waals surface area contributed by atoms with Crippen LogP contribution in [0.4, 0.5) is 26.3 Å². The van der Waals surface area contributed by atoms with Gasteiger partial charge in [-0.25, -0.2) is 9.97 Å². The Balaban J connectivity index is 1.79. The molecule has 0 aliphatic carbocycles. The molecule has 4 rings (SSSR count). The Morgan fingerprint density at radius 3 is 1.82 bits per heavy atom. The number of rotatable bonds is 4. The highest BCUT2D eigenvalue weighted by molar-refractivity contribution is 5.72. The fourth-order valence-corrected chi connectivity index (χ4v) is 3.34. The molecule has 0 saturated carbocycles. The molecule has 1 heterocycles. The third kappa shape index (κ3) is 5.09. The number of benzene rings is 3. The lowest BCUT2D eigenvalue weighted by atomic mass is 10.0. The summed E-state index contributed by atoms with van der Waals surface area (Å²) in [4.78, 5) is 7.89. The number of halogens is 6. The van der Waals surface area contributed by atoms with Gasteiger partial charge in [-0.1, -0.05) is 54.6 Å². The maximum atomic E-state index is 13.6. The molecule has 0 unspecified atom stereocenters. The van der Waals surface area contributed by atoms with Crippen LogP contribution in [-0.2, 0) is 19.0 Å². The lowest BCUT2D eigenvalue weighted by Crippen LogP contribution is -2.10.